The lowest BCUT2D eigenvalue weighted by Gasteiger charge is -2.26. The average molecular weight is 342 g/mol. The Labute approximate surface area is 148 Å². The van der Waals surface area contributed by atoms with E-state index in [0.717, 1.165) is 25.3 Å². The first-order valence-corrected chi connectivity index (χ1v) is 9.03. The third-order valence-corrected chi connectivity index (χ3v) is 4.33. The number of nitrogens with zero attached hydrogens (tertiary/aromatic N) is 2. The molecule has 25 heavy (non-hydrogen) atoms. The summed E-state index contributed by atoms with van der Waals surface area (Å²) in [6.45, 7) is 4.78. The minimum atomic E-state index is -0.341. The van der Waals surface area contributed by atoms with E-state index in [1.165, 1.54) is 44.1 Å². The summed E-state index contributed by atoms with van der Waals surface area (Å²) in [5, 5.41) is 3.16. The predicted octanol–water partition coefficient (Wildman–Crippen LogP) is 2.64. The van der Waals surface area contributed by atoms with Crippen LogP contribution in [0.4, 0.5) is 5.82 Å². The number of ether oxygens (including phenoxy) is 1. The fourth-order valence-corrected chi connectivity index (χ4v) is 3.07. The van der Waals surface area contributed by atoms with Gasteiger partial charge in [-0.15, -0.1) is 0 Å². The molecule has 1 aromatic heterocycles. The minimum Gasteiger partial charge on any atom is -0.494 e. The Morgan fingerprint density at radius 1 is 1.20 bits per heavy atom. The van der Waals surface area contributed by atoms with Gasteiger partial charge in [0.1, 0.15) is 11.6 Å². The van der Waals surface area contributed by atoms with Gasteiger partial charge in [0.05, 0.1) is 6.61 Å². The van der Waals surface area contributed by atoms with Gasteiger partial charge in [-0.25, -0.2) is 9.78 Å². The minimum absolute atomic E-state index is 0.341. The van der Waals surface area contributed by atoms with Gasteiger partial charge in [0.15, 0.2) is 0 Å². The lowest BCUT2D eigenvalue weighted by Crippen LogP contribution is -2.29. The molecule has 134 valence electrons. The summed E-state index contributed by atoms with van der Waals surface area (Å²) in [5.74, 6) is 1.61. The van der Waals surface area contributed by atoms with Crippen molar-refractivity contribution in [1.29, 1.82) is 0 Å². The summed E-state index contributed by atoms with van der Waals surface area (Å²) in [5.41, 5.74) is 0.971. The van der Waals surface area contributed by atoms with Crippen LogP contribution < -0.4 is 15.7 Å². The number of nitrogens with one attached hydrogen (secondary N) is 2. The number of piperidine rings is 1. The molecule has 0 amide bonds. The smallest absolute Gasteiger partial charge is 0.346 e. The Kier molecular flexibility index (Phi) is 6.45. The van der Waals surface area contributed by atoms with Crippen molar-refractivity contribution in [3.05, 3.63) is 52.6 Å². The van der Waals surface area contributed by atoms with Crippen LogP contribution in [0.2, 0.25) is 0 Å². The fraction of sp³-hybridized carbons (Fsp3) is 0.474. The summed E-state index contributed by atoms with van der Waals surface area (Å²) in [4.78, 5) is 19.9. The number of H-pyrrole nitrogens is 1. The van der Waals surface area contributed by atoms with Crippen LogP contribution in [0.15, 0.2) is 41.3 Å². The number of hydrogen-bond donors (Lipinski definition) is 2. The van der Waals surface area contributed by atoms with Crippen molar-refractivity contribution in [2.75, 3.05) is 31.6 Å². The van der Waals surface area contributed by atoms with Crippen LogP contribution in [0, 0.1) is 0 Å². The molecule has 2 N–H and O–H groups in total. The van der Waals surface area contributed by atoms with Crippen molar-refractivity contribution in [2.24, 2.45) is 0 Å². The molecule has 1 fully saturated rings. The molecule has 1 aliphatic rings. The van der Waals surface area contributed by atoms with Gasteiger partial charge in [-0.05, 0) is 56.1 Å². The molecule has 2 heterocycles. The van der Waals surface area contributed by atoms with Gasteiger partial charge >= 0.3 is 5.69 Å². The Bertz CT molecular complexity index is 710. The van der Waals surface area contributed by atoms with Gasteiger partial charge in [0.25, 0.3) is 0 Å². The van der Waals surface area contributed by atoms with Gasteiger partial charge in [-0.2, -0.15) is 0 Å². The summed E-state index contributed by atoms with van der Waals surface area (Å²) in [6.07, 6.45) is 6.32. The van der Waals surface area contributed by atoms with Crippen molar-refractivity contribution in [3.63, 3.8) is 0 Å². The monoisotopic (exact) mass is 342 g/mol. The van der Waals surface area contributed by atoms with E-state index in [9.17, 15) is 4.79 Å². The van der Waals surface area contributed by atoms with Gasteiger partial charge in [0, 0.05) is 19.3 Å². The van der Waals surface area contributed by atoms with E-state index in [4.69, 9.17) is 4.74 Å². The maximum Gasteiger partial charge on any atom is 0.346 e. The quantitative estimate of drug-likeness (QED) is 0.722. The fourth-order valence-electron chi connectivity index (χ4n) is 3.07. The van der Waals surface area contributed by atoms with Crippen LogP contribution in [0.3, 0.4) is 0 Å². The van der Waals surface area contributed by atoms with E-state index in [1.54, 1.807) is 6.07 Å². The zero-order valence-corrected chi connectivity index (χ0v) is 14.5. The number of hydrogen-bond acceptors (Lipinski definition) is 5. The summed E-state index contributed by atoms with van der Waals surface area (Å²) in [7, 11) is 0. The van der Waals surface area contributed by atoms with Crippen LogP contribution in [-0.2, 0) is 6.54 Å². The molecule has 0 bridgehead atoms. The Balaban J connectivity index is 1.39. The van der Waals surface area contributed by atoms with Gasteiger partial charge in [0.2, 0.25) is 0 Å². The van der Waals surface area contributed by atoms with E-state index < -0.39 is 0 Å². The van der Waals surface area contributed by atoms with Crippen LogP contribution >= 0.6 is 0 Å². The zero-order valence-electron chi connectivity index (χ0n) is 14.5. The van der Waals surface area contributed by atoms with E-state index in [1.807, 2.05) is 6.07 Å². The van der Waals surface area contributed by atoms with E-state index >= 15 is 0 Å². The molecule has 0 aliphatic carbocycles. The molecule has 0 saturated carbocycles. The molecule has 6 heteroatoms. The number of anilines is 1. The molecular formula is C19H26N4O2. The molecule has 0 atom stereocenters. The first kappa shape index (κ1) is 17.5. The molecule has 0 unspecified atom stereocenters. The maximum atomic E-state index is 11.1. The Hall–Kier alpha value is -2.34. The second kappa shape index (κ2) is 9.22. The standard InChI is InChI=1S/C19H26N4O2/c24-19-21-10-8-18(22-19)20-9-5-13-25-17-7-4-6-16(14-17)15-23-11-2-1-3-12-23/h4,6-8,10,14H,1-3,5,9,11-13,15H2,(H2,20,21,22,24). The van der Waals surface area contributed by atoms with Crippen LogP contribution in [0.25, 0.3) is 0 Å². The highest BCUT2D eigenvalue weighted by Crippen LogP contribution is 2.17. The second-order valence-corrected chi connectivity index (χ2v) is 6.40. The van der Waals surface area contributed by atoms with Gasteiger partial charge < -0.3 is 10.1 Å². The first-order valence-electron chi connectivity index (χ1n) is 9.03. The number of aromatic nitrogens is 2. The summed E-state index contributed by atoms with van der Waals surface area (Å²) < 4.78 is 5.85. The highest BCUT2D eigenvalue weighted by molar-refractivity contribution is 5.31. The predicted molar refractivity (Wildman–Crippen MR) is 99.0 cm³/mol. The molecule has 1 saturated heterocycles. The summed E-state index contributed by atoms with van der Waals surface area (Å²) in [6, 6.07) is 10.1. The van der Waals surface area contributed by atoms with Crippen molar-refractivity contribution in [3.8, 4) is 5.75 Å². The van der Waals surface area contributed by atoms with E-state index in [-0.39, 0.29) is 5.69 Å². The van der Waals surface area contributed by atoms with Crippen molar-refractivity contribution in [1.82, 2.24) is 14.9 Å². The third kappa shape index (κ3) is 5.90. The topological polar surface area (TPSA) is 70.2 Å². The van der Waals surface area contributed by atoms with Crippen LogP contribution in [0.1, 0.15) is 31.2 Å². The molecule has 3 rings (SSSR count). The molecule has 1 aromatic carbocycles. The van der Waals surface area contributed by atoms with Crippen LogP contribution in [-0.4, -0.2) is 41.1 Å². The van der Waals surface area contributed by atoms with Gasteiger partial charge in [-0.1, -0.05) is 18.6 Å². The number of rotatable bonds is 8. The highest BCUT2D eigenvalue weighted by atomic mass is 16.5. The molecular weight excluding hydrogens is 316 g/mol. The molecule has 6 nitrogen and oxygen atoms in total. The number of benzene rings is 1. The highest BCUT2D eigenvalue weighted by Gasteiger charge is 2.10. The van der Waals surface area contributed by atoms with E-state index in [2.05, 4.69) is 38.4 Å². The molecule has 0 spiro atoms. The third-order valence-electron chi connectivity index (χ3n) is 4.33. The SMILES string of the molecule is O=c1nccc(NCCCOc2cccc(CN3CCCCC3)c2)[nH]1. The first-order chi connectivity index (χ1) is 12.3. The summed E-state index contributed by atoms with van der Waals surface area (Å²) >= 11 is 0. The second-order valence-electron chi connectivity index (χ2n) is 6.40. The lowest BCUT2D eigenvalue weighted by atomic mass is 10.1. The Morgan fingerprint density at radius 3 is 2.92 bits per heavy atom. The maximum absolute atomic E-state index is 11.1. The van der Waals surface area contributed by atoms with Crippen molar-refractivity contribution in [2.45, 2.75) is 32.2 Å². The lowest BCUT2D eigenvalue weighted by molar-refractivity contribution is 0.220. The largest absolute Gasteiger partial charge is 0.494 e. The van der Waals surface area contributed by atoms with Crippen molar-refractivity contribution >= 4 is 5.82 Å². The molecule has 1 aliphatic heterocycles. The van der Waals surface area contributed by atoms with E-state index in [0.29, 0.717) is 12.4 Å². The average Bonchev–Trinajstić information content (AvgIpc) is 2.63. The zero-order chi connectivity index (χ0) is 17.3. The number of aromatic amines is 1. The number of likely N-dealkylation sites (tertiary alicyclic amines) is 1. The molecule has 2 aromatic rings. The molecule has 0 radical (unpaired) electrons. The van der Waals surface area contributed by atoms with Crippen LogP contribution in [0.5, 0.6) is 5.75 Å². The van der Waals surface area contributed by atoms with Crippen molar-refractivity contribution < 1.29 is 4.74 Å². The Morgan fingerprint density at radius 2 is 2.08 bits per heavy atom. The van der Waals surface area contributed by atoms with Gasteiger partial charge in [-0.3, -0.25) is 9.88 Å². The normalized spacial score (nSPS) is 15.0.